The SMILES string of the molecule is Cc1ccc(N2C(=O)C3CN(C)C4(C(=O)c5ccccc5C4=O)C3C2=O)cc1. The molecular weight excluding hydrogens is 356 g/mol. The van der Waals surface area contributed by atoms with E-state index in [1.807, 2.05) is 19.1 Å². The Labute approximate surface area is 161 Å². The summed E-state index contributed by atoms with van der Waals surface area (Å²) in [6.45, 7) is 2.12. The van der Waals surface area contributed by atoms with Crippen LogP contribution in [0.5, 0.6) is 0 Å². The van der Waals surface area contributed by atoms with Crippen LogP contribution in [0.4, 0.5) is 5.69 Å². The van der Waals surface area contributed by atoms with Crippen LogP contribution in [0.15, 0.2) is 48.5 Å². The molecule has 1 spiro atoms. The molecule has 6 heteroatoms. The van der Waals surface area contributed by atoms with E-state index in [0.29, 0.717) is 16.8 Å². The first kappa shape index (κ1) is 17.0. The van der Waals surface area contributed by atoms with Crippen LogP contribution in [-0.2, 0) is 9.59 Å². The number of amides is 2. The Morgan fingerprint density at radius 3 is 2.00 bits per heavy atom. The highest BCUT2D eigenvalue weighted by Gasteiger charge is 2.72. The van der Waals surface area contributed by atoms with E-state index in [2.05, 4.69) is 0 Å². The van der Waals surface area contributed by atoms with E-state index in [1.54, 1.807) is 48.3 Å². The summed E-state index contributed by atoms with van der Waals surface area (Å²) in [4.78, 5) is 56.0. The number of ketones is 2. The molecule has 1 aliphatic carbocycles. The second kappa shape index (κ2) is 5.45. The number of likely N-dealkylation sites (N-methyl/N-ethyl adjacent to an activating group) is 1. The molecule has 3 aliphatic rings. The molecule has 2 aromatic carbocycles. The van der Waals surface area contributed by atoms with Crippen LogP contribution in [-0.4, -0.2) is 47.4 Å². The minimum Gasteiger partial charge on any atom is -0.291 e. The van der Waals surface area contributed by atoms with E-state index in [-0.39, 0.29) is 24.0 Å². The fourth-order valence-corrected chi connectivity index (χ4v) is 5.03. The molecule has 0 saturated carbocycles. The molecule has 2 saturated heterocycles. The third kappa shape index (κ3) is 1.81. The van der Waals surface area contributed by atoms with E-state index >= 15 is 0 Å². The highest BCUT2D eigenvalue weighted by molar-refractivity contribution is 6.37. The van der Waals surface area contributed by atoms with E-state index in [1.165, 1.54) is 0 Å². The molecule has 6 nitrogen and oxygen atoms in total. The molecule has 0 radical (unpaired) electrons. The lowest BCUT2D eigenvalue weighted by atomic mass is 9.77. The standard InChI is InChI=1S/C22H18N2O4/c1-12-7-9-13(10-8-12)24-20(27)16-11-23(2)22(17(16)21(24)28)18(25)14-5-3-4-6-15(14)19(22)26/h3-10,16-17H,11H2,1-2H3. The van der Waals surface area contributed by atoms with Crippen molar-refractivity contribution in [3.8, 4) is 0 Å². The van der Waals surface area contributed by atoms with Crippen molar-refractivity contribution in [2.45, 2.75) is 12.5 Å². The predicted molar refractivity (Wildman–Crippen MR) is 101 cm³/mol. The van der Waals surface area contributed by atoms with Gasteiger partial charge in [-0.25, -0.2) is 4.90 Å². The first-order chi connectivity index (χ1) is 13.4. The van der Waals surface area contributed by atoms with Crippen LogP contribution in [0.25, 0.3) is 0 Å². The summed E-state index contributed by atoms with van der Waals surface area (Å²) in [6, 6.07) is 13.7. The lowest BCUT2D eigenvalue weighted by molar-refractivity contribution is -0.123. The summed E-state index contributed by atoms with van der Waals surface area (Å²) in [5.74, 6) is -3.29. The molecule has 140 valence electrons. The molecule has 5 rings (SSSR count). The van der Waals surface area contributed by atoms with Gasteiger partial charge in [-0.1, -0.05) is 42.0 Å². The highest BCUT2D eigenvalue weighted by Crippen LogP contribution is 2.51. The number of fused-ring (bicyclic) bond motifs is 3. The van der Waals surface area contributed by atoms with Crippen molar-refractivity contribution in [1.29, 1.82) is 0 Å². The first-order valence-electron chi connectivity index (χ1n) is 9.23. The third-order valence-corrected chi connectivity index (χ3v) is 6.35. The minimum atomic E-state index is -1.62. The van der Waals surface area contributed by atoms with Crippen LogP contribution in [0.2, 0.25) is 0 Å². The van der Waals surface area contributed by atoms with Gasteiger partial charge in [0, 0.05) is 17.7 Å². The Hall–Kier alpha value is -3.12. The van der Waals surface area contributed by atoms with E-state index in [0.717, 1.165) is 10.5 Å². The quantitative estimate of drug-likeness (QED) is 0.563. The Bertz CT molecular complexity index is 1040. The normalized spacial score (nSPS) is 25.7. The average Bonchev–Trinajstić information content (AvgIpc) is 3.21. The van der Waals surface area contributed by atoms with Gasteiger partial charge in [0.15, 0.2) is 17.1 Å². The number of carbonyl (C=O) groups is 4. The van der Waals surface area contributed by atoms with Crippen LogP contribution < -0.4 is 4.90 Å². The maximum atomic E-state index is 13.4. The predicted octanol–water partition coefficient (Wildman–Crippen LogP) is 1.86. The van der Waals surface area contributed by atoms with Gasteiger partial charge < -0.3 is 0 Å². The smallest absolute Gasteiger partial charge is 0.240 e. The zero-order chi connectivity index (χ0) is 19.8. The van der Waals surface area contributed by atoms with E-state index in [9.17, 15) is 19.2 Å². The zero-order valence-electron chi connectivity index (χ0n) is 15.5. The van der Waals surface area contributed by atoms with Gasteiger partial charge in [-0.3, -0.25) is 24.1 Å². The second-order valence-electron chi connectivity index (χ2n) is 7.78. The molecule has 0 bridgehead atoms. The lowest BCUT2D eigenvalue weighted by Gasteiger charge is -2.32. The highest BCUT2D eigenvalue weighted by atomic mass is 16.2. The number of hydrogen-bond acceptors (Lipinski definition) is 5. The van der Waals surface area contributed by atoms with Crippen molar-refractivity contribution in [3.63, 3.8) is 0 Å². The molecule has 2 unspecified atom stereocenters. The molecule has 2 amide bonds. The molecule has 2 aliphatic heterocycles. The van der Waals surface area contributed by atoms with Crippen LogP contribution in [0.3, 0.4) is 0 Å². The number of hydrogen-bond donors (Lipinski definition) is 0. The number of imide groups is 1. The fraction of sp³-hybridized carbons (Fsp3) is 0.273. The maximum Gasteiger partial charge on any atom is 0.240 e. The second-order valence-corrected chi connectivity index (χ2v) is 7.78. The molecule has 0 aromatic heterocycles. The number of carbonyl (C=O) groups excluding carboxylic acids is 4. The van der Waals surface area contributed by atoms with Crippen LogP contribution in [0.1, 0.15) is 26.3 Å². The number of rotatable bonds is 1. The van der Waals surface area contributed by atoms with Crippen molar-refractivity contribution in [2.24, 2.45) is 11.8 Å². The number of Topliss-reactive ketones (excluding diaryl/α,β-unsaturated/α-hetero) is 2. The molecule has 28 heavy (non-hydrogen) atoms. The van der Waals surface area contributed by atoms with Gasteiger partial charge >= 0.3 is 0 Å². The van der Waals surface area contributed by atoms with Crippen LogP contribution in [0, 0.1) is 18.8 Å². The summed E-state index contributed by atoms with van der Waals surface area (Å²) >= 11 is 0. The number of anilines is 1. The Morgan fingerprint density at radius 2 is 1.43 bits per heavy atom. The Balaban J connectivity index is 1.65. The summed E-state index contributed by atoms with van der Waals surface area (Å²) in [5, 5.41) is 0. The number of benzene rings is 2. The van der Waals surface area contributed by atoms with E-state index in [4.69, 9.17) is 0 Å². The molecule has 2 aromatic rings. The van der Waals surface area contributed by atoms with E-state index < -0.39 is 23.3 Å². The van der Waals surface area contributed by atoms with Crippen molar-refractivity contribution < 1.29 is 19.2 Å². The van der Waals surface area contributed by atoms with Gasteiger partial charge in [-0.2, -0.15) is 0 Å². The fourth-order valence-electron chi connectivity index (χ4n) is 5.03. The summed E-state index contributed by atoms with van der Waals surface area (Å²) in [5.41, 5.74) is 0.516. The number of aryl methyl sites for hydroxylation is 1. The molecule has 0 N–H and O–H groups in total. The van der Waals surface area contributed by atoms with Crippen molar-refractivity contribution >= 4 is 29.1 Å². The number of nitrogens with zero attached hydrogens (tertiary/aromatic N) is 2. The van der Waals surface area contributed by atoms with Gasteiger partial charge in [0.05, 0.1) is 17.5 Å². The molecule has 2 atom stereocenters. The third-order valence-electron chi connectivity index (χ3n) is 6.35. The zero-order valence-corrected chi connectivity index (χ0v) is 15.5. The molecular formula is C22H18N2O4. The monoisotopic (exact) mass is 374 g/mol. The molecule has 2 heterocycles. The first-order valence-corrected chi connectivity index (χ1v) is 9.23. The van der Waals surface area contributed by atoms with Gasteiger partial charge in [0.1, 0.15) is 0 Å². The maximum absolute atomic E-state index is 13.4. The van der Waals surface area contributed by atoms with Crippen LogP contribution >= 0.6 is 0 Å². The lowest BCUT2D eigenvalue weighted by Crippen LogP contribution is -2.58. The minimum absolute atomic E-state index is 0.197. The van der Waals surface area contributed by atoms with Gasteiger partial charge in [-0.05, 0) is 26.1 Å². The van der Waals surface area contributed by atoms with Crippen molar-refractivity contribution in [3.05, 3.63) is 65.2 Å². The van der Waals surface area contributed by atoms with Gasteiger partial charge in [-0.15, -0.1) is 0 Å². The summed E-state index contributed by atoms with van der Waals surface area (Å²) in [7, 11) is 1.65. The summed E-state index contributed by atoms with van der Waals surface area (Å²) in [6.07, 6.45) is 0. The van der Waals surface area contributed by atoms with Gasteiger partial charge in [0.25, 0.3) is 0 Å². The topological polar surface area (TPSA) is 74.8 Å². The van der Waals surface area contributed by atoms with Gasteiger partial charge in [0.2, 0.25) is 11.8 Å². The molecule has 2 fully saturated rings. The van der Waals surface area contributed by atoms with Crippen molar-refractivity contribution in [1.82, 2.24) is 4.90 Å². The summed E-state index contributed by atoms with van der Waals surface area (Å²) < 4.78 is 0. The largest absolute Gasteiger partial charge is 0.291 e. The Kier molecular flexibility index (Phi) is 3.31. The van der Waals surface area contributed by atoms with Crippen molar-refractivity contribution in [2.75, 3.05) is 18.5 Å². The Morgan fingerprint density at radius 1 is 0.857 bits per heavy atom. The number of likely N-dealkylation sites (tertiary alicyclic amines) is 1. The average molecular weight is 374 g/mol.